The molecule has 0 spiro atoms. The quantitative estimate of drug-likeness (QED) is 0.608. The monoisotopic (exact) mass is 407 g/mol. The van der Waals surface area contributed by atoms with Crippen LogP contribution in [-0.4, -0.2) is 36.1 Å². The van der Waals surface area contributed by atoms with Crippen molar-refractivity contribution < 1.29 is 22.7 Å². The van der Waals surface area contributed by atoms with Gasteiger partial charge in [0.2, 0.25) is 15.8 Å². The molecule has 140 valence electrons. The second-order valence-electron chi connectivity index (χ2n) is 5.42. The van der Waals surface area contributed by atoms with Crippen LogP contribution in [-0.2, 0) is 16.3 Å². The first-order valence-corrected chi connectivity index (χ1v) is 10.0. The smallest absolute Gasteiger partial charge is 0.404 e. The molecular formula is C17H14FN3O4S2. The highest BCUT2D eigenvalue weighted by Crippen LogP contribution is 2.39. The van der Waals surface area contributed by atoms with E-state index in [-0.39, 0.29) is 33.2 Å². The van der Waals surface area contributed by atoms with Gasteiger partial charge in [-0.15, -0.1) is 11.3 Å². The lowest BCUT2D eigenvalue weighted by Crippen LogP contribution is -2.22. The van der Waals surface area contributed by atoms with Crippen molar-refractivity contribution in [3.05, 3.63) is 59.7 Å². The van der Waals surface area contributed by atoms with Crippen LogP contribution in [0.2, 0.25) is 0 Å². The topological polar surface area (TPSA) is 109 Å². The fraction of sp³-hybridized carbons (Fsp3) is 0.118. The summed E-state index contributed by atoms with van der Waals surface area (Å²) in [5, 5.41) is 10.9. The Morgan fingerprint density at radius 1 is 1.19 bits per heavy atom. The number of nitrogens with zero attached hydrogens (tertiary/aromatic N) is 2. The maximum absolute atomic E-state index is 14.2. The number of pyridine rings is 2. The van der Waals surface area contributed by atoms with Gasteiger partial charge >= 0.3 is 6.09 Å². The molecule has 0 saturated carbocycles. The van der Waals surface area contributed by atoms with E-state index in [0.717, 1.165) is 11.3 Å². The van der Waals surface area contributed by atoms with Crippen LogP contribution in [0.15, 0.2) is 58.0 Å². The average Bonchev–Trinajstić information content (AvgIpc) is 3.07. The van der Waals surface area contributed by atoms with Crippen LogP contribution in [0.25, 0.3) is 11.1 Å². The molecule has 3 aromatic rings. The minimum atomic E-state index is -3.91. The van der Waals surface area contributed by atoms with Crippen LogP contribution in [0.4, 0.5) is 9.18 Å². The zero-order valence-electron chi connectivity index (χ0n) is 13.8. The number of thiophene rings is 1. The zero-order chi connectivity index (χ0) is 19.4. The zero-order valence-corrected chi connectivity index (χ0v) is 15.4. The average molecular weight is 407 g/mol. The minimum absolute atomic E-state index is 0.0223. The predicted molar refractivity (Wildman–Crippen MR) is 96.9 cm³/mol. The molecule has 0 saturated heterocycles. The van der Waals surface area contributed by atoms with Gasteiger partial charge in [-0.1, -0.05) is 0 Å². The number of aromatic nitrogens is 2. The molecule has 0 aliphatic heterocycles. The molecule has 0 aromatic carbocycles. The van der Waals surface area contributed by atoms with Gasteiger partial charge in [-0.05, 0) is 36.8 Å². The Morgan fingerprint density at radius 2 is 1.93 bits per heavy atom. The van der Waals surface area contributed by atoms with E-state index in [0.29, 0.717) is 4.88 Å². The van der Waals surface area contributed by atoms with Crippen LogP contribution in [0, 0.1) is 5.95 Å². The normalized spacial score (nSPS) is 11.3. The van der Waals surface area contributed by atoms with Crippen molar-refractivity contribution in [2.45, 2.75) is 15.5 Å². The van der Waals surface area contributed by atoms with Gasteiger partial charge in [0.1, 0.15) is 4.21 Å². The molecule has 27 heavy (non-hydrogen) atoms. The summed E-state index contributed by atoms with van der Waals surface area (Å²) >= 11 is 0.981. The van der Waals surface area contributed by atoms with E-state index >= 15 is 0 Å². The van der Waals surface area contributed by atoms with E-state index in [1.165, 1.54) is 42.9 Å². The number of hydrogen-bond donors (Lipinski definition) is 2. The summed E-state index contributed by atoms with van der Waals surface area (Å²) in [6, 6.07) is 7.26. The lowest BCUT2D eigenvalue weighted by Gasteiger charge is -2.06. The molecule has 10 heteroatoms. The molecule has 0 radical (unpaired) electrons. The van der Waals surface area contributed by atoms with E-state index in [2.05, 4.69) is 15.3 Å². The Hall–Kier alpha value is -2.85. The van der Waals surface area contributed by atoms with E-state index in [1.807, 2.05) is 0 Å². The lowest BCUT2D eigenvalue weighted by atomic mass is 10.1. The summed E-state index contributed by atoms with van der Waals surface area (Å²) < 4.78 is 40.3. The maximum Gasteiger partial charge on any atom is 0.404 e. The van der Waals surface area contributed by atoms with Crippen LogP contribution in [0.3, 0.4) is 0 Å². The summed E-state index contributed by atoms with van der Waals surface area (Å²) in [5.74, 6) is -0.781. The first kappa shape index (κ1) is 18.9. The van der Waals surface area contributed by atoms with Crippen molar-refractivity contribution in [3.8, 4) is 11.1 Å². The standard InChI is InChI=1S/C17H14FN3O4S2/c18-15-13(2-1-6-20-15)14-10-11(3-9-21-17(22)23)26-16(14)27(24,25)12-4-7-19-8-5-12/h1-2,4-8,10,21H,3,9H2,(H,22,23). The van der Waals surface area contributed by atoms with Gasteiger partial charge in [0.05, 0.1) is 4.90 Å². The third-order valence-electron chi connectivity index (χ3n) is 3.65. The van der Waals surface area contributed by atoms with Crippen LogP contribution < -0.4 is 5.32 Å². The molecule has 0 aliphatic rings. The molecule has 0 bridgehead atoms. The van der Waals surface area contributed by atoms with E-state index in [1.54, 1.807) is 6.07 Å². The third kappa shape index (κ3) is 4.12. The number of amides is 1. The van der Waals surface area contributed by atoms with Crippen molar-refractivity contribution in [1.29, 1.82) is 0 Å². The van der Waals surface area contributed by atoms with Crippen LogP contribution >= 0.6 is 11.3 Å². The first-order valence-electron chi connectivity index (χ1n) is 7.75. The van der Waals surface area contributed by atoms with Crippen molar-refractivity contribution in [1.82, 2.24) is 15.3 Å². The molecule has 3 heterocycles. The first-order chi connectivity index (χ1) is 12.9. The molecule has 0 aliphatic carbocycles. The molecule has 3 aromatic heterocycles. The number of hydrogen-bond acceptors (Lipinski definition) is 6. The largest absolute Gasteiger partial charge is 0.465 e. The van der Waals surface area contributed by atoms with Gasteiger partial charge < -0.3 is 10.4 Å². The number of carboxylic acid groups (broad SMARTS) is 1. The van der Waals surface area contributed by atoms with Gasteiger partial charge in [0.25, 0.3) is 0 Å². The molecular weight excluding hydrogens is 393 g/mol. The Kier molecular flexibility index (Phi) is 5.47. The van der Waals surface area contributed by atoms with Crippen molar-refractivity contribution >= 4 is 27.3 Å². The Labute approximate surface area is 158 Å². The Bertz CT molecular complexity index is 1070. The lowest BCUT2D eigenvalue weighted by molar-refractivity contribution is 0.194. The fourth-order valence-electron chi connectivity index (χ4n) is 2.44. The summed E-state index contributed by atoms with van der Waals surface area (Å²) in [4.78, 5) is 18.7. The number of carbonyl (C=O) groups is 1. The number of nitrogens with one attached hydrogen (secondary N) is 1. The second kappa shape index (κ2) is 7.80. The molecule has 0 unspecified atom stereocenters. The van der Waals surface area contributed by atoms with Crippen LogP contribution in [0.1, 0.15) is 4.88 Å². The Morgan fingerprint density at radius 3 is 2.59 bits per heavy atom. The minimum Gasteiger partial charge on any atom is -0.465 e. The van der Waals surface area contributed by atoms with Crippen molar-refractivity contribution in [2.75, 3.05) is 6.54 Å². The molecule has 0 atom stereocenters. The van der Waals surface area contributed by atoms with E-state index < -0.39 is 21.9 Å². The van der Waals surface area contributed by atoms with Crippen molar-refractivity contribution in [2.24, 2.45) is 0 Å². The van der Waals surface area contributed by atoms with Gasteiger partial charge in [0.15, 0.2) is 0 Å². The Balaban J connectivity index is 2.10. The molecule has 0 fully saturated rings. The molecule has 1 amide bonds. The van der Waals surface area contributed by atoms with Crippen LogP contribution in [0.5, 0.6) is 0 Å². The summed E-state index contributed by atoms with van der Waals surface area (Å²) in [6.45, 7) is 0.111. The number of halogens is 1. The van der Waals surface area contributed by atoms with Gasteiger partial charge in [-0.3, -0.25) is 4.98 Å². The fourth-order valence-corrected chi connectivity index (χ4v) is 5.54. The van der Waals surface area contributed by atoms with Gasteiger partial charge in [-0.2, -0.15) is 4.39 Å². The summed E-state index contributed by atoms with van der Waals surface area (Å²) in [7, 11) is -3.91. The highest BCUT2D eigenvalue weighted by molar-refractivity contribution is 7.93. The predicted octanol–water partition coefficient (Wildman–Crippen LogP) is 2.99. The molecule has 7 nitrogen and oxygen atoms in total. The van der Waals surface area contributed by atoms with Gasteiger partial charge in [-0.25, -0.2) is 18.2 Å². The van der Waals surface area contributed by atoms with E-state index in [9.17, 15) is 17.6 Å². The highest BCUT2D eigenvalue weighted by Gasteiger charge is 2.26. The molecule has 3 rings (SSSR count). The van der Waals surface area contributed by atoms with Gasteiger partial charge in [0, 0.05) is 41.1 Å². The van der Waals surface area contributed by atoms with E-state index in [4.69, 9.17) is 5.11 Å². The molecule has 2 N–H and O–H groups in total. The van der Waals surface area contributed by atoms with Crippen molar-refractivity contribution in [3.63, 3.8) is 0 Å². The summed E-state index contributed by atoms with van der Waals surface area (Å²) in [5.41, 5.74) is 0.270. The number of rotatable bonds is 6. The SMILES string of the molecule is O=C(O)NCCc1cc(-c2cccnc2F)c(S(=O)(=O)c2ccncc2)s1. The highest BCUT2D eigenvalue weighted by atomic mass is 32.2. The summed E-state index contributed by atoms with van der Waals surface area (Å²) in [6.07, 6.45) is 3.11. The third-order valence-corrected chi connectivity index (χ3v) is 7.15. The maximum atomic E-state index is 14.2. The number of sulfone groups is 1. The second-order valence-corrected chi connectivity index (χ2v) is 8.71.